The van der Waals surface area contributed by atoms with Crippen LogP contribution < -0.4 is 5.32 Å². The highest BCUT2D eigenvalue weighted by Crippen LogP contribution is 2.13. The molecule has 0 spiro atoms. The molecular formula is C16H17F2N. The van der Waals surface area contributed by atoms with E-state index in [0.29, 0.717) is 18.4 Å². The van der Waals surface area contributed by atoms with Crippen LogP contribution in [0.25, 0.3) is 0 Å². The molecule has 2 rings (SSSR count). The number of hydrogen-bond acceptors (Lipinski definition) is 1. The van der Waals surface area contributed by atoms with Gasteiger partial charge in [0.2, 0.25) is 0 Å². The van der Waals surface area contributed by atoms with Gasteiger partial charge in [0.1, 0.15) is 11.6 Å². The van der Waals surface area contributed by atoms with Crippen molar-refractivity contribution in [3.05, 3.63) is 71.3 Å². The Balaban J connectivity index is 2.07. The number of nitrogens with one attached hydrogen (secondary N) is 1. The largest absolute Gasteiger partial charge is 0.316 e. The predicted molar refractivity (Wildman–Crippen MR) is 73.1 cm³/mol. The van der Waals surface area contributed by atoms with E-state index in [9.17, 15) is 8.78 Å². The van der Waals surface area contributed by atoms with Gasteiger partial charge >= 0.3 is 0 Å². The van der Waals surface area contributed by atoms with E-state index in [0.717, 1.165) is 5.56 Å². The Kier molecular flexibility index (Phi) is 4.63. The molecule has 3 heteroatoms. The van der Waals surface area contributed by atoms with Gasteiger partial charge in [0.05, 0.1) is 0 Å². The molecule has 100 valence electrons. The van der Waals surface area contributed by atoms with Gasteiger partial charge < -0.3 is 5.32 Å². The fourth-order valence-electron chi connectivity index (χ4n) is 2.15. The molecule has 1 nitrogen and oxygen atoms in total. The normalized spacial score (nSPS) is 12.4. The minimum absolute atomic E-state index is 0.0821. The second kappa shape index (κ2) is 6.43. The minimum Gasteiger partial charge on any atom is -0.316 e. The molecule has 1 atom stereocenters. The van der Waals surface area contributed by atoms with Crippen LogP contribution in [-0.4, -0.2) is 13.1 Å². The van der Waals surface area contributed by atoms with E-state index in [1.807, 2.05) is 19.2 Å². The van der Waals surface area contributed by atoms with Gasteiger partial charge in [0.25, 0.3) is 0 Å². The van der Waals surface area contributed by atoms with E-state index >= 15 is 0 Å². The van der Waals surface area contributed by atoms with Crippen LogP contribution in [0, 0.1) is 11.6 Å². The lowest BCUT2D eigenvalue weighted by Gasteiger charge is -2.16. The lowest BCUT2D eigenvalue weighted by atomic mass is 9.99. The number of hydrogen-bond donors (Lipinski definition) is 1. The highest BCUT2D eigenvalue weighted by atomic mass is 19.1. The third-order valence-corrected chi connectivity index (χ3v) is 3.20. The van der Waals surface area contributed by atoms with Crippen molar-refractivity contribution in [2.75, 3.05) is 7.05 Å². The second-order valence-electron chi connectivity index (χ2n) is 4.62. The topological polar surface area (TPSA) is 12.0 Å². The van der Waals surface area contributed by atoms with Gasteiger partial charge in [-0.05, 0) is 49.2 Å². The van der Waals surface area contributed by atoms with E-state index in [1.165, 1.54) is 18.2 Å². The Morgan fingerprint density at radius 3 is 2.47 bits per heavy atom. The fourth-order valence-corrected chi connectivity index (χ4v) is 2.15. The molecule has 1 unspecified atom stereocenters. The highest BCUT2D eigenvalue weighted by Gasteiger charge is 2.11. The molecule has 1 N–H and O–H groups in total. The van der Waals surface area contributed by atoms with Crippen molar-refractivity contribution >= 4 is 0 Å². The lowest BCUT2D eigenvalue weighted by Crippen LogP contribution is -2.30. The van der Waals surface area contributed by atoms with Crippen molar-refractivity contribution < 1.29 is 8.78 Å². The Morgan fingerprint density at radius 1 is 1.00 bits per heavy atom. The van der Waals surface area contributed by atoms with Gasteiger partial charge in [-0.2, -0.15) is 0 Å². The number of rotatable bonds is 5. The standard InChI is InChI=1S/C16H17F2N/c1-19-15(10-12-5-4-7-14(17)9-12)11-13-6-2-3-8-16(13)18/h2-9,15,19H,10-11H2,1H3. The smallest absolute Gasteiger partial charge is 0.126 e. The summed E-state index contributed by atoms with van der Waals surface area (Å²) in [4.78, 5) is 0. The molecule has 0 saturated heterocycles. The summed E-state index contributed by atoms with van der Waals surface area (Å²) >= 11 is 0. The van der Waals surface area contributed by atoms with Crippen LogP contribution in [-0.2, 0) is 12.8 Å². The molecule has 0 amide bonds. The second-order valence-corrected chi connectivity index (χ2v) is 4.62. The van der Waals surface area contributed by atoms with Crippen LogP contribution in [0.2, 0.25) is 0 Å². The fraction of sp³-hybridized carbons (Fsp3) is 0.250. The predicted octanol–water partition coefficient (Wildman–Crippen LogP) is 3.34. The highest BCUT2D eigenvalue weighted by molar-refractivity contribution is 5.21. The zero-order valence-electron chi connectivity index (χ0n) is 10.9. The summed E-state index contributed by atoms with van der Waals surface area (Å²) in [6.45, 7) is 0. The van der Waals surface area contributed by atoms with Crippen LogP contribution in [0.5, 0.6) is 0 Å². The molecule has 0 aliphatic carbocycles. The summed E-state index contributed by atoms with van der Waals surface area (Å²) in [5, 5.41) is 3.16. The van der Waals surface area contributed by atoms with Crippen molar-refractivity contribution in [3.8, 4) is 0 Å². The maximum atomic E-state index is 13.6. The van der Waals surface area contributed by atoms with Crippen molar-refractivity contribution in [1.82, 2.24) is 5.32 Å². The molecule has 2 aromatic rings. The summed E-state index contributed by atoms with van der Waals surface area (Å²) in [6, 6.07) is 13.4. The first-order valence-corrected chi connectivity index (χ1v) is 6.34. The average Bonchev–Trinajstić information content (AvgIpc) is 2.40. The first-order valence-electron chi connectivity index (χ1n) is 6.34. The van der Waals surface area contributed by atoms with Crippen LogP contribution in [0.1, 0.15) is 11.1 Å². The van der Waals surface area contributed by atoms with Gasteiger partial charge in [0, 0.05) is 6.04 Å². The molecule has 0 fully saturated rings. The first-order chi connectivity index (χ1) is 9.19. The molecule has 0 radical (unpaired) electrons. The lowest BCUT2D eigenvalue weighted by molar-refractivity contribution is 0.530. The third kappa shape index (κ3) is 3.86. The molecule has 0 aliphatic rings. The van der Waals surface area contributed by atoms with Crippen molar-refractivity contribution in [3.63, 3.8) is 0 Å². The van der Waals surface area contributed by atoms with E-state index in [-0.39, 0.29) is 17.7 Å². The quantitative estimate of drug-likeness (QED) is 0.870. The third-order valence-electron chi connectivity index (χ3n) is 3.20. The molecule has 0 saturated carbocycles. The van der Waals surface area contributed by atoms with Crippen LogP contribution >= 0.6 is 0 Å². The Hall–Kier alpha value is -1.74. The summed E-state index contributed by atoms with van der Waals surface area (Å²) < 4.78 is 26.7. The van der Waals surface area contributed by atoms with Crippen molar-refractivity contribution in [1.29, 1.82) is 0 Å². The summed E-state index contributed by atoms with van der Waals surface area (Å²) in [7, 11) is 1.84. The zero-order chi connectivity index (χ0) is 13.7. The van der Waals surface area contributed by atoms with Crippen LogP contribution in [0.4, 0.5) is 8.78 Å². The molecule has 0 aromatic heterocycles. The molecule has 19 heavy (non-hydrogen) atoms. The minimum atomic E-state index is -0.238. The molecule has 0 aliphatic heterocycles. The van der Waals surface area contributed by atoms with Crippen LogP contribution in [0.15, 0.2) is 48.5 Å². The molecule has 0 heterocycles. The van der Waals surface area contributed by atoms with Crippen molar-refractivity contribution in [2.45, 2.75) is 18.9 Å². The van der Waals surface area contributed by atoms with Gasteiger partial charge in [-0.15, -0.1) is 0 Å². The number of benzene rings is 2. The maximum Gasteiger partial charge on any atom is 0.126 e. The van der Waals surface area contributed by atoms with Crippen molar-refractivity contribution in [2.24, 2.45) is 0 Å². The van der Waals surface area contributed by atoms with E-state index in [1.54, 1.807) is 18.2 Å². The Bertz CT molecular complexity index is 540. The SMILES string of the molecule is CNC(Cc1cccc(F)c1)Cc1ccccc1F. The van der Waals surface area contributed by atoms with E-state index in [4.69, 9.17) is 0 Å². The molecule has 2 aromatic carbocycles. The average molecular weight is 261 g/mol. The zero-order valence-corrected chi connectivity index (χ0v) is 10.9. The van der Waals surface area contributed by atoms with Crippen LogP contribution in [0.3, 0.4) is 0 Å². The first kappa shape index (κ1) is 13.7. The van der Waals surface area contributed by atoms with E-state index < -0.39 is 0 Å². The summed E-state index contributed by atoms with van der Waals surface area (Å²) in [5.74, 6) is -0.430. The maximum absolute atomic E-state index is 13.6. The number of halogens is 2. The van der Waals surface area contributed by atoms with Gasteiger partial charge in [0.15, 0.2) is 0 Å². The monoisotopic (exact) mass is 261 g/mol. The molecule has 0 bridgehead atoms. The Morgan fingerprint density at radius 2 is 1.79 bits per heavy atom. The summed E-state index contributed by atoms with van der Waals surface area (Å²) in [5.41, 5.74) is 1.59. The number of likely N-dealkylation sites (N-methyl/N-ethyl adjacent to an activating group) is 1. The Labute approximate surface area is 112 Å². The van der Waals surface area contributed by atoms with Gasteiger partial charge in [-0.3, -0.25) is 0 Å². The van der Waals surface area contributed by atoms with E-state index in [2.05, 4.69) is 5.32 Å². The van der Waals surface area contributed by atoms with Gasteiger partial charge in [-0.25, -0.2) is 8.78 Å². The molecular weight excluding hydrogens is 244 g/mol. The van der Waals surface area contributed by atoms with Gasteiger partial charge in [-0.1, -0.05) is 30.3 Å². The summed E-state index contributed by atoms with van der Waals surface area (Å²) in [6.07, 6.45) is 1.25.